The molecule has 0 saturated heterocycles. The van der Waals surface area contributed by atoms with Gasteiger partial charge in [-0.1, -0.05) is 0 Å². The van der Waals surface area contributed by atoms with Crippen LogP contribution in [0.4, 0.5) is 22.0 Å². The Kier molecular flexibility index (Phi) is 3.68. The number of hydrogen-bond acceptors (Lipinski definition) is 3. The van der Waals surface area contributed by atoms with Gasteiger partial charge in [0, 0.05) is 6.54 Å². The maximum absolute atomic E-state index is 12.8. The predicted octanol–water partition coefficient (Wildman–Crippen LogP) is 3.07. The second kappa shape index (κ2) is 4.93. The van der Waals surface area contributed by atoms with Gasteiger partial charge in [-0.3, -0.25) is 0 Å². The van der Waals surface area contributed by atoms with Crippen LogP contribution in [-0.2, 0) is 22.6 Å². The van der Waals surface area contributed by atoms with Crippen molar-refractivity contribution < 1.29 is 30.4 Å². The highest BCUT2D eigenvalue weighted by Gasteiger charge is 2.37. The lowest BCUT2D eigenvalue weighted by atomic mass is 10.3. The van der Waals surface area contributed by atoms with Gasteiger partial charge in [0.15, 0.2) is 0 Å². The Morgan fingerprint density at radius 2 is 1.90 bits per heavy atom. The molecule has 0 amide bonds. The highest BCUT2D eigenvalue weighted by Crippen LogP contribution is 2.32. The zero-order valence-electron chi connectivity index (χ0n) is 10.5. The van der Waals surface area contributed by atoms with E-state index in [1.54, 1.807) is 0 Å². The monoisotopic (exact) mass is 328 g/mol. The maximum Gasteiger partial charge on any atom is 0.449 e. The molecule has 0 aliphatic heterocycles. The highest BCUT2D eigenvalue weighted by molar-refractivity contribution is 7.91. The van der Waals surface area contributed by atoms with Gasteiger partial charge in [-0.05, 0) is 25.1 Å². The van der Waals surface area contributed by atoms with Crippen LogP contribution in [0, 0.1) is 0 Å². The third-order valence-electron chi connectivity index (χ3n) is 2.85. The first-order valence-electron chi connectivity index (χ1n) is 5.68. The number of hydrogen-bond donors (Lipinski definition) is 0. The molecule has 0 unspecified atom stereocenters. The molecule has 4 nitrogen and oxygen atoms in total. The Labute approximate surface area is 116 Å². The third kappa shape index (κ3) is 2.59. The van der Waals surface area contributed by atoms with Crippen LogP contribution < -0.4 is 0 Å². The summed E-state index contributed by atoms with van der Waals surface area (Å²) < 4.78 is 86.8. The molecule has 0 fully saturated rings. The van der Waals surface area contributed by atoms with E-state index >= 15 is 0 Å². The number of imidazole rings is 1. The lowest BCUT2D eigenvalue weighted by molar-refractivity contribution is -0.146. The molecule has 0 aliphatic carbocycles. The predicted molar refractivity (Wildman–Crippen MR) is 63.6 cm³/mol. The smallest absolute Gasteiger partial charge is 0.321 e. The molecule has 0 spiro atoms. The van der Waals surface area contributed by atoms with Crippen molar-refractivity contribution in [1.29, 1.82) is 0 Å². The van der Waals surface area contributed by atoms with Crippen molar-refractivity contribution in [2.24, 2.45) is 0 Å². The van der Waals surface area contributed by atoms with E-state index in [0.29, 0.717) is 0 Å². The number of fused-ring (bicyclic) bond motifs is 1. The normalized spacial score (nSPS) is 13.3. The zero-order chi connectivity index (χ0) is 16.0. The lowest BCUT2D eigenvalue weighted by Gasteiger charge is -2.08. The van der Waals surface area contributed by atoms with Gasteiger partial charge < -0.3 is 4.57 Å². The quantitative estimate of drug-likeness (QED) is 0.814. The van der Waals surface area contributed by atoms with Crippen LogP contribution in [0.15, 0.2) is 23.1 Å². The van der Waals surface area contributed by atoms with Gasteiger partial charge >= 0.3 is 11.9 Å². The zero-order valence-corrected chi connectivity index (χ0v) is 11.3. The molecule has 0 radical (unpaired) electrons. The standard InChI is InChI=1S/C11H9F5N2O2S/c1-2-18-8-4-3-6(21(19,20)10(12)13)5-7(8)17-9(18)11(14,15)16/h3-5,10H,2H2,1H3. The van der Waals surface area contributed by atoms with Gasteiger partial charge in [0.25, 0.3) is 0 Å². The Balaban J connectivity index is 2.72. The summed E-state index contributed by atoms with van der Waals surface area (Å²) >= 11 is 0. The number of alkyl halides is 5. The Morgan fingerprint density at radius 1 is 1.29 bits per heavy atom. The summed E-state index contributed by atoms with van der Waals surface area (Å²) in [5.74, 6) is -4.85. The molecule has 1 aromatic carbocycles. The average molecular weight is 328 g/mol. The van der Waals surface area contributed by atoms with Crippen molar-refractivity contribution in [2.45, 2.75) is 30.3 Å². The van der Waals surface area contributed by atoms with Crippen molar-refractivity contribution >= 4 is 20.9 Å². The summed E-state index contributed by atoms with van der Waals surface area (Å²) in [6, 6.07) is 2.60. The van der Waals surface area contributed by atoms with Gasteiger partial charge in [-0.25, -0.2) is 13.4 Å². The SMILES string of the molecule is CCn1c(C(F)(F)F)nc2cc(S(=O)(=O)C(F)F)ccc21. The van der Waals surface area contributed by atoms with E-state index in [0.717, 1.165) is 22.8 Å². The van der Waals surface area contributed by atoms with Crippen LogP contribution in [0.3, 0.4) is 0 Å². The number of rotatable bonds is 3. The van der Waals surface area contributed by atoms with E-state index in [1.165, 1.54) is 6.92 Å². The molecule has 116 valence electrons. The van der Waals surface area contributed by atoms with Gasteiger partial charge in [0.1, 0.15) is 0 Å². The second-order valence-electron chi connectivity index (χ2n) is 4.13. The Bertz CT molecular complexity index is 780. The molecule has 0 aliphatic rings. The molecule has 10 heteroatoms. The van der Waals surface area contributed by atoms with Crippen molar-refractivity contribution in [1.82, 2.24) is 9.55 Å². The van der Waals surface area contributed by atoms with Crippen LogP contribution in [0.25, 0.3) is 11.0 Å². The summed E-state index contributed by atoms with van der Waals surface area (Å²) in [5.41, 5.74) is -0.274. The van der Waals surface area contributed by atoms with E-state index in [1.807, 2.05) is 0 Å². The summed E-state index contributed by atoms with van der Waals surface area (Å²) in [6.07, 6.45) is -4.73. The van der Waals surface area contributed by atoms with Crippen molar-refractivity contribution in [3.63, 3.8) is 0 Å². The van der Waals surface area contributed by atoms with Crippen LogP contribution >= 0.6 is 0 Å². The van der Waals surface area contributed by atoms with E-state index in [-0.39, 0.29) is 17.6 Å². The number of sulfone groups is 1. The van der Waals surface area contributed by atoms with Gasteiger partial charge in [0.2, 0.25) is 15.7 Å². The minimum Gasteiger partial charge on any atom is -0.321 e. The van der Waals surface area contributed by atoms with Gasteiger partial charge in [-0.2, -0.15) is 22.0 Å². The van der Waals surface area contributed by atoms with E-state index in [4.69, 9.17) is 0 Å². The molecule has 21 heavy (non-hydrogen) atoms. The number of aromatic nitrogens is 2. The third-order valence-corrected chi connectivity index (χ3v) is 4.23. The van der Waals surface area contributed by atoms with E-state index in [9.17, 15) is 30.4 Å². The fraction of sp³-hybridized carbons (Fsp3) is 0.364. The topological polar surface area (TPSA) is 52.0 Å². The molecule has 1 aromatic heterocycles. The summed E-state index contributed by atoms with van der Waals surface area (Å²) in [4.78, 5) is 2.55. The minimum absolute atomic E-state index is 0.0260. The molecule has 0 bridgehead atoms. The van der Waals surface area contributed by atoms with Crippen LogP contribution in [0.1, 0.15) is 12.7 Å². The highest BCUT2D eigenvalue weighted by atomic mass is 32.2. The molecule has 2 aromatic rings. The van der Waals surface area contributed by atoms with E-state index in [2.05, 4.69) is 4.98 Å². The number of nitrogens with zero attached hydrogens (tertiary/aromatic N) is 2. The van der Waals surface area contributed by atoms with Crippen LogP contribution in [0.2, 0.25) is 0 Å². The summed E-state index contributed by atoms with van der Waals surface area (Å²) in [6.45, 7) is 1.41. The first-order valence-corrected chi connectivity index (χ1v) is 7.23. The first-order chi connectivity index (χ1) is 9.59. The van der Waals surface area contributed by atoms with Crippen LogP contribution in [0.5, 0.6) is 0 Å². The fourth-order valence-corrected chi connectivity index (χ4v) is 2.67. The summed E-state index contributed by atoms with van der Waals surface area (Å²) in [5, 5.41) is 0. The second-order valence-corrected chi connectivity index (χ2v) is 6.05. The number of halogens is 5. The largest absolute Gasteiger partial charge is 0.449 e. The molecule has 0 N–H and O–H groups in total. The minimum atomic E-state index is -4.88. The molecule has 2 rings (SSSR count). The number of aryl methyl sites for hydroxylation is 1. The van der Waals surface area contributed by atoms with E-state index < -0.39 is 32.5 Å². The molecule has 1 heterocycles. The lowest BCUT2D eigenvalue weighted by Crippen LogP contribution is -2.14. The summed E-state index contributed by atoms with van der Waals surface area (Å²) in [7, 11) is -4.88. The molecule has 0 saturated carbocycles. The number of benzene rings is 1. The first kappa shape index (κ1) is 15.7. The van der Waals surface area contributed by atoms with Gasteiger partial charge in [-0.15, -0.1) is 0 Å². The molecular formula is C11H9F5N2O2S. The van der Waals surface area contributed by atoms with Crippen molar-refractivity contribution in [2.75, 3.05) is 0 Å². The van der Waals surface area contributed by atoms with Crippen molar-refractivity contribution in [3.05, 3.63) is 24.0 Å². The van der Waals surface area contributed by atoms with Gasteiger partial charge in [0.05, 0.1) is 15.9 Å². The Hall–Kier alpha value is -1.71. The van der Waals surface area contributed by atoms with Crippen molar-refractivity contribution in [3.8, 4) is 0 Å². The molecular weight excluding hydrogens is 319 g/mol. The maximum atomic E-state index is 12.8. The Morgan fingerprint density at radius 3 is 2.38 bits per heavy atom. The van der Waals surface area contributed by atoms with Crippen LogP contribution in [-0.4, -0.2) is 23.7 Å². The average Bonchev–Trinajstić information content (AvgIpc) is 2.75. The molecule has 0 atom stereocenters. The fourth-order valence-electron chi connectivity index (χ4n) is 1.93.